The molecule has 4 saturated heterocycles. The standard InChI is InChI=1S/4C9H14O/c4*1-2-7-3-6(1)4-8(7)9-5-10-9/h4*6-9H,1-5H2/t2*6-,7+,8+,9+;2*6-,7+,8+,9-/m1010/s1. The summed E-state index contributed by atoms with van der Waals surface area (Å²) in [6, 6.07) is 0. The van der Waals surface area contributed by atoms with Gasteiger partial charge in [-0.1, -0.05) is 25.7 Å². The third kappa shape index (κ3) is 5.59. The molecule has 0 aromatic rings. The Morgan fingerprint density at radius 3 is 0.625 bits per heavy atom. The summed E-state index contributed by atoms with van der Waals surface area (Å²) in [5.74, 6) is 12.6. The van der Waals surface area contributed by atoms with Crippen LogP contribution in [0.25, 0.3) is 0 Å². The summed E-state index contributed by atoms with van der Waals surface area (Å²) in [7, 11) is 0. The molecule has 0 aromatic carbocycles. The average Bonchev–Trinajstić information content (AvgIpc) is 4.01. The van der Waals surface area contributed by atoms with Gasteiger partial charge in [-0.05, 0) is 148 Å². The maximum absolute atomic E-state index is 5.35. The van der Waals surface area contributed by atoms with Crippen LogP contribution in [0.4, 0.5) is 0 Å². The van der Waals surface area contributed by atoms with Gasteiger partial charge in [0.15, 0.2) is 0 Å². The van der Waals surface area contributed by atoms with Crippen molar-refractivity contribution in [3.63, 3.8) is 0 Å². The molecule has 12 fully saturated rings. The number of hydrogen-bond donors (Lipinski definition) is 0. The molecule has 0 aromatic heterocycles. The third-order valence-corrected chi connectivity index (χ3v) is 14.5. The molecule has 0 radical (unpaired) electrons. The van der Waals surface area contributed by atoms with Gasteiger partial charge in [-0.25, -0.2) is 0 Å². The normalized spacial score (nSPS) is 57.6. The lowest BCUT2D eigenvalue weighted by Crippen LogP contribution is -2.15. The van der Waals surface area contributed by atoms with E-state index in [-0.39, 0.29) is 0 Å². The Balaban J connectivity index is 0.0000000768. The molecule has 0 spiro atoms. The van der Waals surface area contributed by atoms with Crippen LogP contribution in [0.2, 0.25) is 0 Å². The van der Waals surface area contributed by atoms with Crippen LogP contribution in [-0.2, 0) is 18.9 Å². The van der Waals surface area contributed by atoms with Crippen LogP contribution in [-0.4, -0.2) is 50.8 Å². The molecule has 8 aliphatic carbocycles. The van der Waals surface area contributed by atoms with E-state index in [1.54, 1.807) is 0 Å². The van der Waals surface area contributed by atoms with Gasteiger partial charge in [0.2, 0.25) is 0 Å². The monoisotopic (exact) mass is 552 g/mol. The van der Waals surface area contributed by atoms with Crippen molar-refractivity contribution in [2.75, 3.05) is 26.4 Å². The van der Waals surface area contributed by atoms with Gasteiger partial charge in [0, 0.05) is 0 Å². The van der Waals surface area contributed by atoms with Gasteiger partial charge in [0.1, 0.15) is 0 Å². The molecular weight excluding hydrogens is 496 g/mol. The van der Waals surface area contributed by atoms with E-state index in [0.717, 1.165) is 97.4 Å². The molecule has 12 rings (SSSR count). The second-order valence-electron chi connectivity index (χ2n) is 16.8. The third-order valence-electron chi connectivity index (χ3n) is 14.5. The predicted molar refractivity (Wildman–Crippen MR) is 155 cm³/mol. The van der Waals surface area contributed by atoms with Crippen molar-refractivity contribution in [1.29, 1.82) is 0 Å². The minimum atomic E-state index is 0.704. The molecule has 40 heavy (non-hydrogen) atoms. The Hall–Kier alpha value is -0.160. The number of epoxide rings is 4. The molecular formula is C36H56O4. The smallest absolute Gasteiger partial charge is 0.0840 e. The SMILES string of the molecule is C1C[C@@H]2C[C@H]1C[C@H]2[C@@H]1CO1.C1C[C@@H]2C[C@H]1C[C@H]2[C@H]1CO1.C1C[C@H]2C[C@@H]1C[C@@H]2[C@@H]1CO1.C1C[C@H]2C[C@@H]1C[C@@H]2[C@H]1CO1. The Kier molecular flexibility index (Phi) is 7.07. The lowest BCUT2D eigenvalue weighted by molar-refractivity contribution is 0.249. The van der Waals surface area contributed by atoms with Gasteiger partial charge < -0.3 is 18.9 Å². The van der Waals surface area contributed by atoms with Crippen LogP contribution in [0, 0.1) is 71.0 Å². The largest absolute Gasteiger partial charge is 0.373 e. The van der Waals surface area contributed by atoms with E-state index < -0.39 is 0 Å². The van der Waals surface area contributed by atoms with Crippen LogP contribution >= 0.6 is 0 Å². The first-order chi connectivity index (χ1) is 19.7. The number of ether oxygens (including phenoxy) is 4. The molecule has 0 N–H and O–H groups in total. The van der Waals surface area contributed by atoms with Gasteiger partial charge in [-0.15, -0.1) is 0 Å². The maximum Gasteiger partial charge on any atom is 0.0840 e. The van der Waals surface area contributed by atoms with Crippen molar-refractivity contribution in [3.8, 4) is 0 Å². The van der Waals surface area contributed by atoms with E-state index in [0.29, 0.717) is 24.4 Å². The van der Waals surface area contributed by atoms with Crippen molar-refractivity contribution in [2.24, 2.45) is 71.0 Å². The summed E-state index contributed by atoms with van der Waals surface area (Å²) in [4.78, 5) is 0. The van der Waals surface area contributed by atoms with E-state index in [2.05, 4.69) is 0 Å². The summed E-state index contributed by atoms with van der Waals surface area (Å²) in [5, 5.41) is 0. The van der Waals surface area contributed by atoms with E-state index in [9.17, 15) is 0 Å². The fourth-order valence-corrected chi connectivity index (χ4v) is 12.2. The average molecular weight is 553 g/mol. The van der Waals surface area contributed by atoms with Crippen LogP contribution in [0.15, 0.2) is 0 Å². The summed E-state index contributed by atoms with van der Waals surface area (Å²) in [5.41, 5.74) is 0. The fraction of sp³-hybridized carbons (Fsp3) is 1.00. The molecule has 224 valence electrons. The number of fused-ring (bicyclic) bond motifs is 8. The molecule has 16 atom stereocenters. The van der Waals surface area contributed by atoms with Crippen molar-refractivity contribution in [1.82, 2.24) is 0 Å². The first-order valence-corrected chi connectivity index (χ1v) is 18.2. The lowest BCUT2D eigenvalue weighted by atomic mass is 9.87. The summed E-state index contributed by atoms with van der Waals surface area (Å²) in [6.07, 6.45) is 27.0. The van der Waals surface area contributed by atoms with E-state index in [4.69, 9.17) is 18.9 Å². The Bertz CT molecular complexity index is 747. The quantitative estimate of drug-likeness (QED) is 0.344. The molecule has 8 bridgehead atoms. The molecule has 12 aliphatic rings. The van der Waals surface area contributed by atoms with Crippen LogP contribution in [0.5, 0.6) is 0 Å². The molecule has 4 heteroatoms. The highest BCUT2D eigenvalue weighted by Gasteiger charge is 2.50. The van der Waals surface area contributed by atoms with E-state index >= 15 is 0 Å². The van der Waals surface area contributed by atoms with Crippen molar-refractivity contribution >= 4 is 0 Å². The second-order valence-corrected chi connectivity index (χ2v) is 16.8. The second kappa shape index (κ2) is 10.8. The maximum atomic E-state index is 5.35. The fourth-order valence-electron chi connectivity index (χ4n) is 12.2. The first kappa shape index (κ1) is 26.3. The van der Waals surface area contributed by atoms with Crippen LogP contribution < -0.4 is 0 Å². The molecule has 0 amide bonds. The Morgan fingerprint density at radius 2 is 0.500 bits per heavy atom. The van der Waals surface area contributed by atoms with Gasteiger partial charge in [0.25, 0.3) is 0 Å². The molecule has 4 aliphatic heterocycles. The van der Waals surface area contributed by atoms with Crippen molar-refractivity contribution < 1.29 is 18.9 Å². The van der Waals surface area contributed by atoms with Crippen LogP contribution in [0.1, 0.15) is 103 Å². The summed E-state index contributed by atoms with van der Waals surface area (Å²) in [6.45, 7) is 4.31. The minimum absolute atomic E-state index is 0.704. The predicted octanol–water partition coefficient (Wildman–Crippen LogP) is 7.29. The molecule has 4 nitrogen and oxygen atoms in total. The Morgan fingerprint density at radius 1 is 0.275 bits per heavy atom. The Labute approximate surface area is 243 Å². The van der Waals surface area contributed by atoms with Gasteiger partial charge in [0.05, 0.1) is 50.8 Å². The highest BCUT2D eigenvalue weighted by molar-refractivity contribution is 4.99. The van der Waals surface area contributed by atoms with Gasteiger partial charge >= 0.3 is 0 Å². The van der Waals surface area contributed by atoms with E-state index in [1.807, 2.05) is 0 Å². The van der Waals surface area contributed by atoms with Gasteiger partial charge in [-0.3, -0.25) is 0 Å². The van der Waals surface area contributed by atoms with E-state index in [1.165, 1.54) is 103 Å². The number of rotatable bonds is 4. The van der Waals surface area contributed by atoms with Crippen LogP contribution in [0.3, 0.4) is 0 Å². The molecule has 0 unspecified atom stereocenters. The molecule has 8 saturated carbocycles. The first-order valence-electron chi connectivity index (χ1n) is 18.2. The topological polar surface area (TPSA) is 50.1 Å². The minimum Gasteiger partial charge on any atom is -0.373 e. The van der Waals surface area contributed by atoms with Crippen molar-refractivity contribution in [2.45, 2.75) is 127 Å². The zero-order chi connectivity index (χ0) is 26.2. The highest BCUT2D eigenvalue weighted by Crippen LogP contribution is 2.54. The summed E-state index contributed by atoms with van der Waals surface area (Å²) >= 11 is 0. The van der Waals surface area contributed by atoms with Gasteiger partial charge in [-0.2, -0.15) is 0 Å². The highest BCUT2D eigenvalue weighted by atomic mass is 16.6. The zero-order valence-corrected chi connectivity index (χ0v) is 25.0. The number of hydrogen-bond acceptors (Lipinski definition) is 4. The van der Waals surface area contributed by atoms with Crippen molar-refractivity contribution in [3.05, 3.63) is 0 Å². The lowest BCUT2D eigenvalue weighted by Gasteiger charge is -2.18. The summed E-state index contributed by atoms with van der Waals surface area (Å²) < 4.78 is 21.4. The molecule has 4 heterocycles. The zero-order valence-electron chi connectivity index (χ0n) is 25.0.